The molecule has 0 atom stereocenters. The van der Waals surface area contributed by atoms with E-state index in [-0.39, 0.29) is 28.5 Å². The lowest BCUT2D eigenvalue weighted by Crippen LogP contribution is -2.08. The molecule has 6 nitrogen and oxygen atoms in total. The second-order valence-electron chi connectivity index (χ2n) is 6.23. The number of Topliss-reactive ketones (excluding diaryl/α,β-unsaturated/α-hetero) is 2. The molecule has 3 aromatic rings. The number of hydrogen-bond donors (Lipinski definition) is 2. The van der Waals surface area contributed by atoms with Crippen molar-refractivity contribution in [2.24, 2.45) is 0 Å². The van der Waals surface area contributed by atoms with Crippen LogP contribution in [-0.2, 0) is 0 Å². The van der Waals surface area contributed by atoms with Gasteiger partial charge < -0.3 is 14.6 Å². The Labute approximate surface area is 154 Å². The minimum atomic E-state index is -0.740. The molecule has 0 fully saturated rings. The summed E-state index contributed by atoms with van der Waals surface area (Å²) in [7, 11) is 0. The fourth-order valence-electron chi connectivity index (χ4n) is 3.16. The Morgan fingerprint density at radius 3 is 2.30 bits per heavy atom. The standard InChI is InChI=1S/C21H18O6/c1-3-7-14(23)18-19(25)16(11(2)22)21-17(20(18)26)13(10-15(24)27-21)12-8-5-4-6-9-12/h4-6,8-10,25-26H,3,7H2,1-2H3. The fraction of sp³-hybridized carbons (Fsp3) is 0.190. The molecule has 2 N–H and O–H groups in total. The molecule has 0 aliphatic carbocycles. The van der Waals surface area contributed by atoms with Crippen molar-refractivity contribution in [1.29, 1.82) is 0 Å². The van der Waals surface area contributed by atoms with Gasteiger partial charge >= 0.3 is 5.63 Å². The zero-order chi connectivity index (χ0) is 19.7. The quantitative estimate of drug-likeness (QED) is 0.521. The molecule has 0 saturated heterocycles. The highest BCUT2D eigenvalue weighted by Crippen LogP contribution is 2.44. The largest absolute Gasteiger partial charge is 0.506 e. The number of carbonyl (C=O) groups excluding carboxylic acids is 2. The molecule has 0 unspecified atom stereocenters. The zero-order valence-electron chi connectivity index (χ0n) is 14.9. The van der Waals surface area contributed by atoms with Crippen LogP contribution in [0, 0.1) is 0 Å². The van der Waals surface area contributed by atoms with E-state index in [1.165, 1.54) is 13.0 Å². The molecule has 6 heteroatoms. The van der Waals surface area contributed by atoms with Gasteiger partial charge in [-0.3, -0.25) is 9.59 Å². The molecule has 27 heavy (non-hydrogen) atoms. The van der Waals surface area contributed by atoms with Crippen LogP contribution in [-0.4, -0.2) is 21.8 Å². The van der Waals surface area contributed by atoms with Crippen LogP contribution in [0.2, 0.25) is 0 Å². The minimum absolute atomic E-state index is 0.0447. The first-order valence-corrected chi connectivity index (χ1v) is 8.52. The zero-order valence-corrected chi connectivity index (χ0v) is 14.9. The molecular weight excluding hydrogens is 348 g/mol. The van der Waals surface area contributed by atoms with Crippen molar-refractivity contribution in [2.45, 2.75) is 26.7 Å². The van der Waals surface area contributed by atoms with E-state index in [2.05, 4.69) is 0 Å². The minimum Gasteiger partial charge on any atom is -0.506 e. The first-order valence-electron chi connectivity index (χ1n) is 8.52. The average molecular weight is 366 g/mol. The number of ketones is 2. The molecule has 0 spiro atoms. The third-order valence-corrected chi connectivity index (χ3v) is 4.33. The van der Waals surface area contributed by atoms with Gasteiger partial charge in [-0.05, 0) is 18.9 Å². The first-order chi connectivity index (χ1) is 12.9. The maximum Gasteiger partial charge on any atom is 0.336 e. The lowest BCUT2D eigenvalue weighted by atomic mass is 9.92. The van der Waals surface area contributed by atoms with Gasteiger partial charge in [0.05, 0.1) is 5.39 Å². The summed E-state index contributed by atoms with van der Waals surface area (Å²) in [5.74, 6) is -2.26. The molecule has 2 aromatic carbocycles. The van der Waals surface area contributed by atoms with Crippen LogP contribution in [0.1, 0.15) is 47.4 Å². The van der Waals surface area contributed by atoms with E-state index in [0.717, 1.165) is 0 Å². The van der Waals surface area contributed by atoms with E-state index < -0.39 is 28.7 Å². The molecular formula is C21H18O6. The van der Waals surface area contributed by atoms with Crippen molar-refractivity contribution in [3.8, 4) is 22.6 Å². The van der Waals surface area contributed by atoms with Gasteiger partial charge in [-0.25, -0.2) is 4.79 Å². The number of phenols is 2. The van der Waals surface area contributed by atoms with Crippen molar-refractivity contribution in [3.05, 3.63) is 57.9 Å². The number of benzene rings is 2. The number of aromatic hydroxyl groups is 2. The summed E-state index contributed by atoms with van der Waals surface area (Å²) < 4.78 is 5.16. The van der Waals surface area contributed by atoms with Gasteiger partial charge in [0, 0.05) is 18.1 Å². The smallest absolute Gasteiger partial charge is 0.336 e. The number of carbonyl (C=O) groups is 2. The Balaban J connectivity index is 2.55. The fourth-order valence-corrected chi connectivity index (χ4v) is 3.16. The lowest BCUT2D eigenvalue weighted by molar-refractivity contribution is 0.0976. The molecule has 0 radical (unpaired) electrons. The Bertz CT molecular complexity index is 1110. The van der Waals surface area contributed by atoms with Crippen LogP contribution in [0.5, 0.6) is 11.5 Å². The average Bonchev–Trinajstić information content (AvgIpc) is 2.61. The number of hydrogen-bond acceptors (Lipinski definition) is 6. The number of rotatable bonds is 5. The highest BCUT2D eigenvalue weighted by Gasteiger charge is 2.29. The van der Waals surface area contributed by atoms with E-state index in [9.17, 15) is 24.6 Å². The van der Waals surface area contributed by atoms with E-state index >= 15 is 0 Å². The molecule has 3 rings (SSSR count). The van der Waals surface area contributed by atoms with Crippen LogP contribution in [0.3, 0.4) is 0 Å². The molecule has 1 heterocycles. The summed E-state index contributed by atoms with van der Waals surface area (Å²) in [6, 6.07) is 9.93. The Hall–Kier alpha value is -3.41. The summed E-state index contributed by atoms with van der Waals surface area (Å²) >= 11 is 0. The summed E-state index contributed by atoms with van der Waals surface area (Å²) in [6.45, 7) is 2.97. The van der Waals surface area contributed by atoms with Gasteiger partial charge in [0.15, 0.2) is 17.1 Å². The van der Waals surface area contributed by atoms with Crippen LogP contribution >= 0.6 is 0 Å². The lowest BCUT2D eigenvalue weighted by Gasteiger charge is -2.15. The third-order valence-electron chi connectivity index (χ3n) is 4.33. The number of phenolic OH excluding ortho intramolecular Hbond substituents is 2. The number of fused-ring (bicyclic) bond motifs is 1. The summed E-state index contributed by atoms with van der Waals surface area (Å²) in [6.07, 6.45) is 0.585. The second kappa shape index (κ2) is 7.07. The van der Waals surface area contributed by atoms with Crippen molar-refractivity contribution in [3.63, 3.8) is 0 Å². The van der Waals surface area contributed by atoms with E-state index in [0.29, 0.717) is 17.5 Å². The molecule has 0 aliphatic rings. The van der Waals surface area contributed by atoms with Gasteiger partial charge in [-0.2, -0.15) is 0 Å². The Morgan fingerprint density at radius 2 is 1.70 bits per heavy atom. The van der Waals surface area contributed by atoms with Crippen molar-refractivity contribution in [1.82, 2.24) is 0 Å². The monoisotopic (exact) mass is 366 g/mol. The van der Waals surface area contributed by atoms with Crippen LogP contribution in [0.15, 0.2) is 45.6 Å². The second-order valence-corrected chi connectivity index (χ2v) is 6.23. The van der Waals surface area contributed by atoms with Crippen LogP contribution in [0.4, 0.5) is 0 Å². The van der Waals surface area contributed by atoms with Gasteiger partial charge in [-0.1, -0.05) is 37.3 Å². The third kappa shape index (κ3) is 3.10. The molecule has 0 bridgehead atoms. The molecule has 1 aromatic heterocycles. The highest BCUT2D eigenvalue weighted by molar-refractivity contribution is 6.18. The van der Waals surface area contributed by atoms with Crippen LogP contribution in [0.25, 0.3) is 22.1 Å². The molecule has 138 valence electrons. The van der Waals surface area contributed by atoms with Gasteiger partial charge in [0.1, 0.15) is 22.6 Å². The van der Waals surface area contributed by atoms with E-state index in [4.69, 9.17) is 4.42 Å². The predicted octanol–water partition coefficient (Wildman–Crippen LogP) is 4.06. The van der Waals surface area contributed by atoms with Crippen molar-refractivity contribution < 1.29 is 24.2 Å². The van der Waals surface area contributed by atoms with Crippen LogP contribution < -0.4 is 5.63 Å². The molecule has 0 aliphatic heterocycles. The van der Waals surface area contributed by atoms with Gasteiger partial charge in [0.25, 0.3) is 0 Å². The molecule has 0 saturated carbocycles. The maximum absolute atomic E-state index is 12.5. The summed E-state index contributed by atoms with van der Waals surface area (Å²) in [5, 5.41) is 21.4. The Morgan fingerprint density at radius 1 is 1.04 bits per heavy atom. The maximum atomic E-state index is 12.5. The Kier molecular flexibility index (Phi) is 4.81. The molecule has 0 amide bonds. The predicted molar refractivity (Wildman–Crippen MR) is 100 cm³/mol. The van der Waals surface area contributed by atoms with Gasteiger partial charge in [-0.15, -0.1) is 0 Å². The van der Waals surface area contributed by atoms with E-state index in [1.54, 1.807) is 37.3 Å². The normalized spacial score (nSPS) is 10.9. The van der Waals surface area contributed by atoms with E-state index in [1.807, 2.05) is 0 Å². The topological polar surface area (TPSA) is 105 Å². The highest BCUT2D eigenvalue weighted by atomic mass is 16.4. The van der Waals surface area contributed by atoms with Crippen molar-refractivity contribution in [2.75, 3.05) is 0 Å². The SMILES string of the molecule is CCCC(=O)c1c(O)c(C(C)=O)c2oc(=O)cc(-c3ccccc3)c2c1O. The summed E-state index contributed by atoms with van der Waals surface area (Å²) in [4.78, 5) is 36.8. The van der Waals surface area contributed by atoms with Gasteiger partial charge in [0.2, 0.25) is 0 Å². The van der Waals surface area contributed by atoms with Crippen molar-refractivity contribution >= 4 is 22.5 Å². The summed E-state index contributed by atoms with van der Waals surface area (Å²) in [5.41, 5.74) is -0.697. The first kappa shape index (κ1) is 18.4.